The molecular formula is C62H98N4O29. The molecule has 2 saturated heterocycles. The summed E-state index contributed by atoms with van der Waals surface area (Å²) in [6, 6.07) is 4.38. The molecule has 95 heavy (non-hydrogen) atoms. The van der Waals surface area contributed by atoms with Gasteiger partial charge in [-0.15, -0.1) is 0 Å². The monoisotopic (exact) mass is 1360 g/mol. The van der Waals surface area contributed by atoms with Crippen molar-refractivity contribution in [2.24, 2.45) is 0 Å². The molecule has 540 valence electrons. The largest absolute Gasteiger partial charge is 0.460 e. The Morgan fingerprint density at radius 3 is 1.48 bits per heavy atom. The zero-order chi connectivity index (χ0) is 69.2. The molecule has 0 saturated carbocycles. The van der Waals surface area contributed by atoms with Gasteiger partial charge in [0, 0.05) is 53.0 Å². The number of nitrogens with one attached hydrogen (secondary N) is 3. The van der Waals surface area contributed by atoms with Gasteiger partial charge >= 0.3 is 30.0 Å². The molecule has 2 fully saturated rings. The van der Waals surface area contributed by atoms with Gasteiger partial charge in [-0.05, 0) is 17.7 Å². The first-order valence-corrected chi connectivity index (χ1v) is 31.2. The third-order valence-electron chi connectivity index (χ3n) is 13.0. The van der Waals surface area contributed by atoms with E-state index >= 15 is 0 Å². The Morgan fingerprint density at radius 1 is 0.568 bits per heavy atom. The van der Waals surface area contributed by atoms with Crippen LogP contribution in [0.5, 0.6) is 5.75 Å². The highest BCUT2D eigenvalue weighted by molar-refractivity contribution is 5.80. The number of carbonyl (C=O) groups excluding carboxylic acids is 8. The molecule has 2 aliphatic heterocycles. The first-order valence-electron chi connectivity index (χ1n) is 31.2. The highest BCUT2D eigenvalue weighted by Gasteiger charge is 2.56. The number of methoxy groups -OCH3 is 1. The predicted octanol–water partition coefficient (Wildman–Crippen LogP) is -0.342. The summed E-state index contributed by atoms with van der Waals surface area (Å²) in [7, 11) is 1.63. The maximum atomic E-state index is 13.3. The van der Waals surface area contributed by atoms with Crippen molar-refractivity contribution < 1.29 is 138 Å². The Labute approximate surface area is 553 Å². The molecule has 2 aliphatic rings. The van der Waals surface area contributed by atoms with Gasteiger partial charge in [-0.3, -0.25) is 28.8 Å². The highest BCUT2D eigenvalue weighted by Crippen LogP contribution is 2.33. The van der Waals surface area contributed by atoms with Crippen LogP contribution >= 0.6 is 0 Å². The summed E-state index contributed by atoms with van der Waals surface area (Å²) >= 11 is 0. The van der Waals surface area contributed by atoms with Gasteiger partial charge in [0.15, 0.2) is 18.3 Å². The van der Waals surface area contributed by atoms with E-state index in [0.717, 1.165) is 20.8 Å². The van der Waals surface area contributed by atoms with Crippen molar-refractivity contribution in [2.45, 2.75) is 83.1 Å². The van der Waals surface area contributed by atoms with E-state index in [1.165, 1.54) is 35.3 Å². The third-order valence-corrected chi connectivity index (χ3v) is 13.0. The predicted molar refractivity (Wildman–Crippen MR) is 329 cm³/mol. The molecule has 3 rings (SSSR count). The van der Waals surface area contributed by atoms with E-state index in [0.29, 0.717) is 138 Å². The maximum Gasteiger partial charge on any atom is 0.407 e. The Morgan fingerprint density at radius 2 is 1.02 bits per heavy atom. The molecule has 0 radical (unpaired) electrons. The number of aliphatic hydroxyl groups excluding tert-OH is 1. The number of rotatable bonds is 57. The maximum absolute atomic E-state index is 13.3. The summed E-state index contributed by atoms with van der Waals surface area (Å²) in [5.74, 6) is -5.15. The van der Waals surface area contributed by atoms with Crippen LogP contribution in [-0.2, 0) is 137 Å². The van der Waals surface area contributed by atoms with Crippen LogP contribution in [0, 0.1) is 0 Å². The molecule has 1 aromatic rings. The summed E-state index contributed by atoms with van der Waals surface area (Å²) in [4.78, 5) is 103. The quantitative estimate of drug-likeness (QED) is 0.0280. The van der Waals surface area contributed by atoms with Crippen molar-refractivity contribution in [1.29, 1.82) is 0 Å². The first-order chi connectivity index (χ1) is 46.0. The second-order valence-corrected chi connectivity index (χ2v) is 20.6. The lowest BCUT2D eigenvalue weighted by Crippen LogP contribution is -2.69. The molecule has 2 heterocycles. The average molecular weight is 1360 g/mol. The van der Waals surface area contributed by atoms with Gasteiger partial charge in [0.1, 0.15) is 31.2 Å². The molecule has 4 amide bonds. The fourth-order valence-electron chi connectivity index (χ4n) is 8.52. The summed E-state index contributed by atoms with van der Waals surface area (Å²) in [5, 5.41) is 17.8. The van der Waals surface area contributed by atoms with Gasteiger partial charge in [0.2, 0.25) is 30.1 Å². The zero-order valence-electron chi connectivity index (χ0n) is 55.1. The zero-order valence-corrected chi connectivity index (χ0v) is 55.1. The minimum Gasteiger partial charge on any atom is -0.460 e. The number of likely N-dealkylation sites (tertiary alicyclic amines) is 1. The number of hydrogen-bond acceptors (Lipinski definition) is 29. The summed E-state index contributed by atoms with van der Waals surface area (Å²) in [6.45, 7) is 18.2. The van der Waals surface area contributed by atoms with E-state index < -0.39 is 91.3 Å². The molecule has 0 spiro atoms. The molecule has 33 nitrogen and oxygen atoms in total. The number of benzene rings is 1. The van der Waals surface area contributed by atoms with Gasteiger partial charge < -0.3 is 121 Å². The van der Waals surface area contributed by atoms with Crippen LogP contribution < -0.4 is 20.7 Å². The lowest BCUT2D eigenvalue weighted by molar-refractivity contribution is -0.282. The van der Waals surface area contributed by atoms with Crippen molar-refractivity contribution in [3.8, 4) is 5.75 Å². The van der Waals surface area contributed by atoms with Crippen molar-refractivity contribution in [3.05, 3.63) is 54.6 Å². The Bertz CT molecular complexity index is 2380. The van der Waals surface area contributed by atoms with E-state index in [4.69, 9.17) is 94.7 Å². The van der Waals surface area contributed by atoms with Crippen LogP contribution in [0.15, 0.2) is 43.5 Å². The van der Waals surface area contributed by atoms with E-state index in [1.807, 2.05) is 0 Å². The Balaban J connectivity index is 1.28. The smallest absolute Gasteiger partial charge is 0.407 e. The minimum absolute atomic E-state index is 0.00729. The standard InChI is InChI=1S/C62H98N4O29/c1-7-14-88-59(74)57-55(91-46(3)68)56(92-47(4)69)58(93-48(5)70)60(95-57)94-51-10-9-49(41-67)39-50(51)40-64-52(71)11-13-63-53(72)42-90-62(43-65-61(75)89-15-8-2)44-66(45-62)54(73)12-16-77-19-20-79-23-24-81-27-28-83-31-32-85-35-36-87-38-37-86-34-33-84-30-29-82-26-25-80-22-21-78-18-17-76-6/h7-10,39,55-58,60,67H,1-2,11-38,40-45H2,3-6H3,(H,63,72)(H,64,71)(H,65,75)/t55-,56-,57-,58+,60+/m0/s1. The molecule has 0 unspecified atom stereocenters. The van der Waals surface area contributed by atoms with Gasteiger partial charge in [0.05, 0.1) is 185 Å². The van der Waals surface area contributed by atoms with Gasteiger partial charge in [-0.25, -0.2) is 9.59 Å². The van der Waals surface area contributed by atoms with Crippen LogP contribution in [0.2, 0.25) is 0 Å². The number of esters is 4. The topological polar surface area (TPSA) is 381 Å². The van der Waals surface area contributed by atoms with Gasteiger partial charge in [-0.1, -0.05) is 31.4 Å². The van der Waals surface area contributed by atoms with Crippen LogP contribution in [0.25, 0.3) is 0 Å². The van der Waals surface area contributed by atoms with Crippen molar-refractivity contribution in [3.63, 3.8) is 0 Å². The number of ether oxygens (including phenoxy) is 20. The van der Waals surface area contributed by atoms with E-state index in [-0.39, 0.29) is 95.8 Å². The van der Waals surface area contributed by atoms with Crippen LogP contribution in [0.1, 0.15) is 44.7 Å². The van der Waals surface area contributed by atoms with Gasteiger partial charge in [0.25, 0.3) is 0 Å². The molecule has 4 N–H and O–H groups in total. The summed E-state index contributed by atoms with van der Waals surface area (Å²) in [6.07, 6.45) is -6.74. The number of alkyl carbamates (subject to hydrolysis) is 1. The van der Waals surface area contributed by atoms with Crippen molar-refractivity contribution in [2.75, 3.05) is 205 Å². The summed E-state index contributed by atoms with van der Waals surface area (Å²) < 4.78 is 110. The Kier molecular flexibility index (Phi) is 45.0. The second kappa shape index (κ2) is 51.7. The molecule has 0 aliphatic carbocycles. The number of amides is 4. The number of hydrogen-bond donors (Lipinski definition) is 4. The first kappa shape index (κ1) is 82.7. The lowest BCUT2D eigenvalue weighted by Gasteiger charge is -2.49. The van der Waals surface area contributed by atoms with Crippen LogP contribution in [-0.4, -0.2) is 299 Å². The fraction of sp³-hybridized carbons (Fsp3) is 0.710. The van der Waals surface area contributed by atoms with Crippen molar-refractivity contribution >= 4 is 47.7 Å². The molecule has 33 heteroatoms. The molecule has 0 aromatic heterocycles. The third kappa shape index (κ3) is 37.5. The number of aliphatic hydroxyl groups is 1. The van der Waals surface area contributed by atoms with Crippen LogP contribution in [0.3, 0.4) is 0 Å². The SMILES string of the molecule is C=CCOC(=O)NCC1(OCC(=O)NCCC(=O)NCc2cc(CO)ccc2O[C@@H]2O[C@H](C(=O)OCC=C)[C@@H](OC(C)=O)[C@H](OC(C)=O)[C@H]2OC(C)=O)CN(C(=O)CCOCCOCCOCCOCCOCCOCCOCCOCCOCCOCCOCCOC)C1. The lowest BCUT2D eigenvalue weighted by atomic mass is 9.93. The van der Waals surface area contributed by atoms with Gasteiger partial charge in [-0.2, -0.15) is 0 Å². The highest BCUT2D eigenvalue weighted by atomic mass is 16.7. The molecule has 5 atom stereocenters. The molecule has 1 aromatic carbocycles. The second-order valence-electron chi connectivity index (χ2n) is 20.6. The molecular weight excluding hydrogens is 1260 g/mol. The summed E-state index contributed by atoms with van der Waals surface area (Å²) in [5.41, 5.74) is -0.504. The fourth-order valence-corrected chi connectivity index (χ4v) is 8.52. The minimum atomic E-state index is -1.78. The Hall–Kier alpha value is -6.54. The van der Waals surface area contributed by atoms with Crippen LogP contribution in [0.4, 0.5) is 4.79 Å². The number of carbonyl (C=O) groups is 8. The average Bonchev–Trinajstić information content (AvgIpc) is 0.786. The van der Waals surface area contributed by atoms with E-state index in [2.05, 4.69) is 29.1 Å². The normalized spacial score (nSPS) is 17.1. The number of nitrogens with zero attached hydrogens (tertiary/aromatic N) is 1. The van der Waals surface area contributed by atoms with E-state index in [1.54, 1.807) is 7.11 Å². The van der Waals surface area contributed by atoms with Crippen molar-refractivity contribution in [1.82, 2.24) is 20.9 Å². The van der Waals surface area contributed by atoms with E-state index in [9.17, 15) is 43.5 Å². The molecule has 0 bridgehead atoms.